The molecule has 34 heavy (non-hydrogen) atoms. The topological polar surface area (TPSA) is 66.7 Å². The molecule has 0 spiro atoms. The van der Waals surface area contributed by atoms with Gasteiger partial charge in [-0.25, -0.2) is 4.98 Å². The van der Waals surface area contributed by atoms with Crippen LogP contribution >= 0.6 is 0 Å². The molecular weight excluding hydrogens is 428 g/mol. The van der Waals surface area contributed by atoms with E-state index in [2.05, 4.69) is 51.8 Å². The fourth-order valence-corrected chi connectivity index (χ4v) is 5.32. The maximum Gasteiger partial charge on any atom is 0.225 e. The normalized spacial score (nSPS) is 17.4. The molecule has 0 unspecified atom stereocenters. The summed E-state index contributed by atoms with van der Waals surface area (Å²) in [4.78, 5) is 24.7. The Hall–Kier alpha value is -3.29. The SMILES string of the molecule is CCn1nc(C)c2ccnc(N3CCC(C(=O)N4CCN(c5cccc(OC)c5)CC4)CC3)c21. The quantitative estimate of drug-likeness (QED) is 0.580. The van der Waals surface area contributed by atoms with Crippen molar-refractivity contribution in [3.63, 3.8) is 0 Å². The molecule has 0 atom stereocenters. The van der Waals surface area contributed by atoms with E-state index in [-0.39, 0.29) is 5.92 Å². The molecule has 2 aliphatic rings. The average molecular weight is 463 g/mol. The van der Waals surface area contributed by atoms with Gasteiger partial charge in [-0.1, -0.05) is 6.07 Å². The molecule has 4 heterocycles. The highest BCUT2D eigenvalue weighted by atomic mass is 16.5. The van der Waals surface area contributed by atoms with E-state index in [1.165, 1.54) is 5.39 Å². The number of piperazine rings is 1. The van der Waals surface area contributed by atoms with Crippen molar-refractivity contribution >= 4 is 28.3 Å². The van der Waals surface area contributed by atoms with Crippen LogP contribution in [0.15, 0.2) is 36.5 Å². The van der Waals surface area contributed by atoms with Gasteiger partial charge in [0.15, 0.2) is 5.82 Å². The molecule has 5 rings (SSSR count). The van der Waals surface area contributed by atoms with Gasteiger partial charge in [-0.15, -0.1) is 0 Å². The number of hydrogen-bond acceptors (Lipinski definition) is 6. The Morgan fingerprint density at radius 1 is 1.06 bits per heavy atom. The Morgan fingerprint density at radius 2 is 1.82 bits per heavy atom. The van der Waals surface area contributed by atoms with Gasteiger partial charge in [0.2, 0.25) is 5.91 Å². The Kier molecular flexibility index (Phi) is 6.30. The molecule has 2 aliphatic heterocycles. The lowest BCUT2D eigenvalue weighted by molar-refractivity contribution is -0.136. The second-order valence-electron chi connectivity index (χ2n) is 9.21. The number of piperidine rings is 1. The van der Waals surface area contributed by atoms with E-state index in [9.17, 15) is 4.79 Å². The van der Waals surface area contributed by atoms with Crippen molar-refractivity contribution < 1.29 is 9.53 Å². The number of aryl methyl sites for hydroxylation is 2. The van der Waals surface area contributed by atoms with Crippen molar-refractivity contribution in [1.29, 1.82) is 0 Å². The van der Waals surface area contributed by atoms with Crippen LogP contribution in [0, 0.1) is 12.8 Å². The number of aromatic nitrogens is 3. The van der Waals surface area contributed by atoms with Crippen LogP contribution in [0.2, 0.25) is 0 Å². The molecule has 1 aromatic carbocycles. The smallest absolute Gasteiger partial charge is 0.225 e. The summed E-state index contributed by atoms with van der Waals surface area (Å²) in [6.45, 7) is 9.92. The lowest BCUT2D eigenvalue weighted by Crippen LogP contribution is -2.51. The molecule has 2 fully saturated rings. The largest absolute Gasteiger partial charge is 0.497 e. The highest BCUT2D eigenvalue weighted by Gasteiger charge is 2.31. The van der Waals surface area contributed by atoms with Crippen LogP contribution in [0.3, 0.4) is 0 Å². The Labute approximate surface area is 201 Å². The zero-order valence-electron chi connectivity index (χ0n) is 20.4. The van der Waals surface area contributed by atoms with E-state index < -0.39 is 0 Å². The van der Waals surface area contributed by atoms with Crippen molar-refractivity contribution in [3.05, 3.63) is 42.2 Å². The van der Waals surface area contributed by atoms with Crippen LogP contribution in [0.4, 0.5) is 11.5 Å². The molecule has 8 nitrogen and oxygen atoms in total. The third kappa shape index (κ3) is 4.17. The van der Waals surface area contributed by atoms with E-state index in [1.807, 2.05) is 23.0 Å². The number of carbonyl (C=O) groups is 1. The molecule has 0 saturated carbocycles. The number of rotatable bonds is 5. The molecule has 3 aromatic rings. The summed E-state index contributed by atoms with van der Waals surface area (Å²) >= 11 is 0. The molecule has 0 bridgehead atoms. The fourth-order valence-electron chi connectivity index (χ4n) is 5.32. The van der Waals surface area contributed by atoms with Gasteiger partial charge in [0.05, 0.1) is 12.8 Å². The van der Waals surface area contributed by atoms with Gasteiger partial charge >= 0.3 is 0 Å². The van der Waals surface area contributed by atoms with E-state index in [4.69, 9.17) is 9.72 Å². The molecule has 0 aliphatic carbocycles. The highest BCUT2D eigenvalue weighted by Crippen LogP contribution is 2.31. The average Bonchev–Trinajstić information content (AvgIpc) is 3.24. The summed E-state index contributed by atoms with van der Waals surface area (Å²) < 4.78 is 7.41. The van der Waals surface area contributed by atoms with Crippen LogP contribution < -0.4 is 14.5 Å². The first kappa shape index (κ1) is 22.5. The third-order valence-corrected chi connectivity index (χ3v) is 7.28. The second kappa shape index (κ2) is 9.52. The monoisotopic (exact) mass is 462 g/mol. The van der Waals surface area contributed by atoms with Crippen LogP contribution in [-0.4, -0.2) is 71.9 Å². The van der Waals surface area contributed by atoms with Crippen molar-refractivity contribution in [2.24, 2.45) is 5.92 Å². The summed E-state index contributed by atoms with van der Waals surface area (Å²) in [7, 11) is 1.69. The molecule has 2 aromatic heterocycles. The number of benzene rings is 1. The number of hydrogen-bond donors (Lipinski definition) is 0. The molecule has 0 radical (unpaired) electrons. The molecule has 1 amide bonds. The van der Waals surface area contributed by atoms with Crippen LogP contribution in [-0.2, 0) is 11.3 Å². The van der Waals surface area contributed by atoms with E-state index in [1.54, 1.807) is 7.11 Å². The zero-order chi connectivity index (χ0) is 23.7. The van der Waals surface area contributed by atoms with Gasteiger partial charge in [0.1, 0.15) is 11.3 Å². The minimum atomic E-state index is 0.0941. The zero-order valence-corrected chi connectivity index (χ0v) is 20.4. The van der Waals surface area contributed by atoms with Crippen LogP contribution in [0.5, 0.6) is 5.75 Å². The second-order valence-corrected chi connectivity index (χ2v) is 9.21. The first-order valence-electron chi connectivity index (χ1n) is 12.3. The predicted molar refractivity (Wildman–Crippen MR) is 135 cm³/mol. The Bertz CT molecular complexity index is 1160. The van der Waals surface area contributed by atoms with Gasteiger partial charge in [-0.2, -0.15) is 5.10 Å². The highest BCUT2D eigenvalue weighted by molar-refractivity contribution is 5.91. The molecule has 8 heteroatoms. The predicted octanol–water partition coefficient (Wildman–Crippen LogP) is 3.33. The maximum atomic E-state index is 13.3. The Balaban J connectivity index is 1.20. The van der Waals surface area contributed by atoms with Gasteiger partial charge in [0.25, 0.3) is 0 Å². The number of ether oxygens (including phenoxy) is 1. The third-order valence-electron chi connectivity index (χ3n) is 7.28. The minimum Gasteiger partial charge on any atom is -0.497 e. The van der Waals surface area contributed by atoms with Crippen LogP contribution in [0.25, 0.3) is 10.9 Å². The lowest BCUT2D eigenvalue weighted by atomic mass is 9.94. The van der Waals surface area contributed by atoms with E-state index in [0.717, 1.165) is 87.1 Å². The van der Waals surface area contributed by atoms with E-state index in [0.29, 0.717) is 5.91 Å². The summed E-state index contributed by atoms with van der Waals surface area (Å²) in [6, 6.07) is 10.2. The number of amides is 1. The summed E-state index contributed by atoms with van der Waals surface area (Å²) in [6.07, 6.45) is 3.61. The number of methoxy groups -OCH3 is 1. The fraction of sp³-hybridized carbons (Fsp3) is 0.500. The number of fused-ring (bicyclic) bond motifs is 1. The van der Waals surface area contributed by atoms with Gasteiger partial charge in [0, 0.05) is 75.1 Å². The summed E-state index contributed by atoms with van der Waals surface area (Å²) in [5, 5.41) is 5.85. The standard InChI is InChI=1S/C26H34N6O2/c1-4-32-24-23(19(2)28-32)8-11-27-25(24)30-12-9-20(10-13-30)26(33)31-16-14-29(15-17-31)21-6-5-7-22(18-21)34-3/h5-8,11,18,20H,4,9-10,12-17H2,1-3H3. The maximum absolute atomic E-state index is 13.3. The van der Waals surface area contributed by atoms with E-state index >= 15 is 0 Å². The number of carbonyl (C=O) groups excluding carboxylic acids is 1. The van der Waals surface area contributed by atoms with Crippen molar-refractivity contribution in [3.8, 4) is 5.75 Å². The Morgan fingerprint density at radius 3 is 2.53 bits per heavy atom. The first-order chi connectivity index (χ1) is 16.6. The number of anilines is 2. The van der Waals surface area contributed by atoms with Crippen LogP contribution in [0.1, 0.15) is 25.5 Å². The molecule has 180 valence electrons. The van der Waals surface area contributed by atoms with Gasteiger partial charge in [-0.05, 0) is 44.9 Å². The van der Waals surface area contributed by atoms with Crippen molar-refractivity contribution in [2.45, 2.75) is 33.2 Å². The molecule has 0 N–H and O–H groups in total. The number of pyridine rings is 1. The molecular formula is C26H34N6O2. The number of nitrogens with zero attached hydrogens (tertiary/aromatic N) is 6. The summed E-state index contributed by atoms with van der Waals surface area (Å²) in [5.41, 5.74) is 3.31. The van der Waals surface area contributed by atoms with Crippen molar-refractivity contribution in [1.82, 2.24) is 19.7 Å². The first-order valence-corrected chi connectivity index (χ1v) is 12.3. The van der Waals surface area contributed by atoms with Gasteiger partial charge < -0.3 is 19.4 Å². The summed E-state index contributed by atoms with van der Waals surface area (Å²) in [5.74, 6) is 2.27. The van der Waals surface area contributed by atoms with Crippen molar-refractivity contribution in [2.75, 3.05) is 56.2 Å². The minimum absolute atomic E-state index is 0.0941. The van der Waals surface area contributed by atoms with Gasteiger partial charge in [-0.3, -0.25) is 9.48 Å². The lowest BCUT2D eigenvalue weighted by Gasteiger charge is -2.39. The molecule has 2 saturated heterocycles.